The average molecular weight is 708 g/mol. The standard InChI is InChI=1S/3C14H22O.Y/c3*1-13(2,3)10-8-7-9-11(12(10)15)14(4,5)6;/h3*7-9,15H,1-6H3;. The molecule has 46 heavy (non-hydrogen) atoms. The summed E-state index contributed by atoms with van der Waals surface area (Å²) < 4.78 is 0. The number of aromatic hydroxyl groups is 3. The summed E-state index contributed by atoms with van der Waals surface area (Å²) in [5.41, 5.74) is 6.09. The number of phenolic OH excluding ortho intramolecular Hbond substituents is 3. The second-order valence-corrected chi connectivity index (χ2v) is 18.6. The molecule has 0 saturated carbocycles. The molecular weight excluding hydrogens is 641 g/mol. The van der Waals surface area contributed by atoms with Crippen LogP contribution in [0.5, 0.6) is 17.2 Å². The SMILES string of the molecule is CC(C)(C)c1cccc(C(C)(C)C)c1O.CC(C)(C)c1cccc(C(C)(C)C)c1O.CC(C)(C)c1cccc(C(C)(C)C)c1O.[Y]. The minimum absolute atomic E-state index is 0. The molecular formula is C42H66O3Y. The summed E-state index contributed by atoms with van der Waals surface area (Å²) in [6.45, 7) is 38.2. The van der Waals surface area contributed by atoms with Crippen LogP contribution in [-0.4, -0.2) is 15.3 Å². The molecule has 4 heteroatoms. The first-order chi connectivity index (χ1) is 19.9. The van der Waals surface area contributed by atoms with Gasteiger partial charge in [0.1, 0.15) is 17.2 Å². The van der Waals surface area contributed by atoms with Gasteiger partial charge in [-0.1, -0.05) is 179 Å². The minimum atomic E-state index is -0.00859. The van der Waals surface area contributed by atoms with E-state index in [-0.39, 0.29) is 65.2 Å². The molecule has 0 fully saturated rings. The Hall–Kier alpha value is -1.84. The van der Waals surface area contributed by atoms with Crippen molar-refractivity contribution in [1.82, 2.24) is 0 Å². The van der Waals surface area contributed by atoms with Gasteiger partial charge in [0.25, 0.3) is 0 Å². The predicted molar refractivity (Wildman–Crippen MR) is 197 cm³/mol. The molecule has 0 saturated heterocycles. The van der Waals surface area contributed by atoms with E-state index in [1.54, 1.807) is 0 Å². The van der Waals surface area contributed by atoms with Crippen LogP contribution in [0.15, 0.2) is 54.6 Å². The number of phenols is 3. The van der Waals surface area contributed by atoms with Crippen LogP contribution in [0.2, 0.25) is 0 Å². The fourth-order valence-corrected chi connectivity index (χ4v) is 5.26. The first kappa shape index (κ1) is 44.2. The third-order valence-electron chi connectivity index (χ3n) is 7.96. The summed E-state index contributed by atoms with van der Waals surface area (Å²) in [5.74, 6) is 1.37. The van der Waals surface area contributed by atoms with Crippen LogP contribution in [0.1, 0.15) is 158 Å². The molecule has 3 rings (SSSR count). The Morgan fingerprint density at radius 2 is 0.391 bits per heavy atom. The smallest absolute Gasteiger partial charge is 0.123 e. The van der Waals surface area contributed by atoms with E-state index in [4.69, 9.17) is 0 Å². The molecule has 0 amide bonds. The molecule has 3 aromatic carbocycles. The van der Waals surface area contributed by atoms with E-state index in [0.717, 1.165) is 33.4 Å². The summed E-state index contributed by atoms with van der Waals surface area (Å²) >= 11 is 0. The van der Waals surface area contributed by atoms with Crippen molar-refractivity contribution in [2.75, 3.05) is 0 Å². The Kier molecular flexibility index (Phi) is 15.0. The Bertz CT molecular complexity index is 1140. The summed E-state index contributed by atoms with van der Waals surface area (Å²) in [4.78, 5) is 0. The van der Waals surface area contributed by atoms with Gasteiger partial charge in [-0.3, -0.25) is 0 Å². The fourth-order valence-electron chi connectivity index (χ4n) is 5.26. The van der Waals surface area contributed by atoms with Gasteiger partial charge in [-0.25, -0.2) is 0 Å². The maximum absolute atomic E-state index is 10.3. The van der Waals surface area contributed by atoms with Gasteiger partial charge in [0.15, 0.2) is 0 Å². The van der Waals surface area contributed by atoms with E-state index in [0.29, 0.717) is 17.2 Å². The molecule has 3 aromatic rings. The zero-order valence-corrected chi connectivity index (χ0v) is 35.5. The molecule has 255 valence electrons. The van der Waals surface area contributed by atoms with E-state index in [9.17, 15) is 15.3 Å². The first-order valence-electron chi connectivity index (χ1n) is 16.4. The van der Waals surface area contributed by atoms with Crippen LogP contribution in [0.3, 0.4) is 0 Å². The normalized spacial score (nSPS) is 12.7. The zero-order chi connectivity index (χ0) is 35.6. The molecule has 0 bridgehead atoms. The van der Waals surface area contributed by atoms with Crippen LogP contribution in [0.4, 0.5) is 0 Å². The molecule has 3 N–H and O–H groups in total. The van der Waals surface area contributed by atoms with Gasteiger partial charge in [-0.05, 0) is 65.9 Å². The van der Waals surface area contributed by atoms with Crippen molar-refractivity contribution in [3.8, 4) is 17.2 Å². The van der Waals surface area contributed by atoms with Crippen molar-refractivity contribution < 1.29 is 48.0 Å². The van der Waals surface area contributed by atoms with Crippen LogP contribution in [0.25, 0.3) is 0 Å². The third-order valence-corrected chi connectivity index (χ3v) is 7.96. The van der Waals surface area contributed by atoms with Crippen molar-refractivity contribution in [2.45, 2.75) is 157 Å². The van der Waals surface area contributed by atoms with Gasteiger partial charge in [0.2, 0.25) is 0 Å². The molecule has 3 nitrogen and oxygen atoms in total. The van der Waals surface area contributed by atoms with Crippen molar-refractivity contribution in [2.24, 2.45) is 0 Å². The second-order valence-electron chi connectivity index (χ2n) is 18.6. The molecule has 0 aliphatic heterocycles. The van der Waals surface area contributed by atoms with E-state index in [1.807, 2.05) is 54.6 Å². The Labute approximate surface area is 308 Å². The van der Waals surface area contributed by atoms with Gasteiger partial charge in [-0.15, -0.1) is 0 Å². The maximum atomic E-state index is 10.3. The fraction of sp³-hybridized carbons (Fsp3) is 0.571. The molecule has 0 aliphatic rings. The maximum Gasteiger partial charge on any atom is 0.123 e. The van der Waals surface area contributed by atoms with E-state index in [2.05, 4.69) is 125 Å². The van der Waals surface area contributed by atoms with E-state index >= 15 is 0 Å². The number of hydrogen-bond donors (Lipinski definition) is 3. The van der Waals surface area contributed by atoms with Crippen LogP contribution >= 0.6 is 0 Å². The number of benzene rings is 3. The van der Waals surface area contributed by atoms with Gasteiger partial charge in [-0.2, -0.15) is 0 Å². The average Bonchev–Trinajstić information content (AvgIpc) is 2.81. The van der Waals surface area contributed by atoms with Crippen LogP contribution < -0.4 is 0 Å². The first-order valence-corrected chi connectivity index (χ1v) is 16.4. The molecule has 0 aromatic heterocycles. The quantitative estimate of drug-likeness (QED) is 0.218. The van der Waals surface area contributed by atoms with E-state index in [1.165, 1.54) is 0 Å². The van der Waals surface area contributed by atoms with Crippen molar-refractivity contribution in [1.29, 1.82) is 0 Å². The minimum Gasteiger partial charge on any atom is -0.507 e. The Morgan fingerprint density at radius 3 is 0.478 bits per heavy atom. The molecule has 0 unspecified atom stereocenters. The van der Waals surface area contributed by atoms with Crippen LogP contribution in [0, 0.1) is 0 Å². The number of hydrogen-bond acceptors (Lipinski definition) is 3. The predicted octanol–water partition coefficient (Wildman–Crippen LogP) is 12.0. The molecule has 0 aliphatic carbocycles. The number of rotatable bonds is 0. The molecule has 0 spiro atoms. The Morgan fingerprint density at radius 1 is 0.283 bits per heavy atom. The second kappa shape index (κ2) is 15.6. The number of para-hydroxylation sites is 3. The van der Waals surface area contributed by atoms with Crippen molar-refractivity contribution >= 4 is 0 Å². The summed E-state index contributed by atoms with van der Waals surface area (Å²) in [6, 6.07) is 18.1. The monoisotopic (exact) mass is 707 g/mol. The van der Waals surface area contributed by atoms with Gasteiger partial charge < -0.3 is 15.3 Å². The molecule has 1 radical (unpaired) electrons. The molecule has 0 atom stereocenters. The largest absolute Gasteiger partial charge is 0.507 e. The zero-order valence-electron chi connectivity index (χ0n) is 32.6. The topological polar surface area (TPSA) is 60.7 Å². The van der Waals surface area contributed by atoms with Crippen molar-refractivity contribution in [3.63, 3.8) is 0 Å². The van der Waals surface area contributed by atoms with Gasteiger partial charge >= 0.3 is 0 Å². The molecule has 0 heterocycles. The Balaban J connectivity index is 0.000000653. The van der Waals surface area contributed by atoms with Gasteiger partial charge in [0.05, 0.1) is 0 Å². The summed E-state index contributed by atoms with van der Waals surface area (Å²) in [6.07, 6.45) is 0. The van der Waals surface area contributed by atoms with Crippen LogP contribution in [-0.2, 0) is 65.2 Å². The van der Waals surface area contributed by atoms with Gasteiger partial charge in [0, 0.05) is 32.7 Å². The summed E-state index contributed by atoms with van der Waals surface area (Å²) in [7, 11) is 0. The van der Waals surface area contributed by atoms with Crippen molar-refractivity contribution in [3.05, 3.63) is 88.0 Å². The van der Waals surface area contributed by atoms with E-state index < -0.39 is 0 Å². The summed E-state index contributed by atoms with van der Waals surface area (Å²) in [5, 5.41) is 30.8. The third kappa shape index (κ3) is 12.3.